The summed E-state index contributed by atoms with van der Waals surface area (Å²) in [6.45, 7) is 1.87. The summed E-state index contributed by atoms with van der Waals surface area (Å²) in [6.07, 6.45) is 1.29. The second-order valence-electron chi connectivity index (χ2n) is 6.62. The molecule has 31 heavy (non-hydrogen) atoms. The van der Waals surface area contributed by atoms with E-state index in [4.69, 9.17) is 4.74 Å². The molecule has 160 valence electrons. The molecule has 3 aromatic carbocycles. The fourth-order valence-corrected chi connectivity index (χ4v) is 3.67. The molecule has 0 aliphatic heterocycles. The predicted octanol–water partition coefficient (Wildman–Crippen LogP) is 3.27. The summed E-state index contributed by atoms with van der Waals surface area (Å²) in [6, 6.07) is 17.0. The number of carbonyl (C=O) groups excluding carboxylic acids is 1. The van der Waals surface area contributed by atoms with Crippen molar-refractivity contribution in [1.82, 2.24) is 5.43 Å². The van der Waals surface area contributed by atoms with Gasteiger partial charge in [0.25, 0.3) is 15.9 Å². The number of hydrogen-bond donors (Lipinski definition) is 3. The SMILES string of the molecule is COc1ccc(O)c(/C=N/NC(=O)c2ccc(NS(=O)(=O)c3ccc(C)cc3)cc2)c1. The van der Waals surface area contributed by atoms with Gasteiger partial charge in [-0.3, -0.25) is 9.52 Å². The van der Waals surface area contributed by atoms with E-state index in [9.17, 15) is 18.3 Å². The smallest absolute Gasteiger partial charge is 0.271 e. The van der Waals surface area contributed by atoms with E-state index in [0.29, 0.717) is 17.0 Å². The van der Waals surface area contributed by atoms with E-state index in [1.165, 1.54) is 55.8 Å². The minimum absolute atomic E-state index is 0.0102. The van der Waals surface area contributed by atoms with Crippen LogP contribution in [0.5, 0.6) is 11.5 Å². The Bertz CT molecular complexity index is 1200. The summed E-state index contributed by atoms with van der Waals surface area (Å²) in [5, 5.41) is 13.6. The third-order valence-electron chi connectivity index (χ3n) is 4.34. The molecule has 0 unspecified atom stereocenters. The van der Waals surface area contributed by atoms with Crippen LogP contribution in [-0.4, -0.2) is 32.8 Å². The molecule has 0 aliphatic carbocycles. The number of ether oxygens (including phenoxy) is 1. The molecule has 1 amide bonds. The number of rotatable bonds is 7. The number of aromatic hydroxyl groups is 1. The van der Waals surface area contributed by atoms with Gasteiger partial charge < -0.3 is 9.84 Å². The predicted molar refractivity (Wildman–Crippen MR) is 118 cm³/mol. The van der Waals surface area contributed by atoms with Gasteiger partial charge in [0.15, 0.2) is 0 Å². The zero-order valence-electron chi connectivity index (χ0n) is 16.9. The molecule has 3 N–H and O–H groups in total. The lowest BCUT2D eigenvalue weighted by molar-refractivity contribution is 0.0955. The summed E-state index contributed by atoms with van der Waals surface area (Å²) in [5.41, 5.74) is 4.29. The molecule has 0 saturated carbocycles. The standard InChI is InChI=1S/C22H21N3O5S/c1-15-3-10-20(11-4-15)31(28,29)25-18-7-5-16(6-8-18)22(27)24-23-14-17-13-19(30-2)9-12-21(17)26/h3-14,25-26H,1-2H3,(H,24,27)/b23-14+. The van der Waals surface area contributed by atoms with Gasteiger partial charge in [0.05, 0.1) is 18.2 Å². The van der Waals surface area contributed by atoms with E-state index in [1.54, 1.807) is 24.3 Å². The van der Waals surface area contributed by atoms with Crippen LogP contribution in [-0.2, 0) is 10.0 Å². The highest BCUT2D eigenvalue weighted by Crippen LogP contribution is 2.21. The number of aryl methyl sites for hydroxylation is 1. The van der Waals surface area contributed by atoms with Crippen molar-refractivity contribution in [3.63, 3.8) is 0 Å². The van der Waals surface area contributed by atoms with Crippen LogP contribution >= 0.6 is 0 Å². The number of methoxy groups -OCH3 is 1. The minimum Gasteiger partial charge on any atom is -0.507 e. The lowest BCUT2D eigenvalue weighted by Crippen LogP contribution is -2.18. The Morgan fingerprint density at radius 2 is 1.71 bits per heavy atom. The maximum Gasteiger partial charge on any atom is 0.271 e. The molecule has 0 spiro atoms. The topological polar surface area (TPSA) is 117 Å². The van der Waals surface area contributed by atoms with Gasteiger partial charge in [0.1, 0.15) is 11.5 Å². The van der Waals surface area contributed by atoms with E-state index < -0.39 is 15.9 Å². The number of nitrogens with one attached hydrogen (secondary N) is 2. The Balaban J connectivity index is 1.64. The molecular formula is C22H21N3O5S. The van der Waals surface area contributed by atoms with Crippen molar-refractivity contribution in [2.75, 3.05) is 11.8 Å². The highest BCUT2D eigenvalue weighted by molar-refractivity contribution is 7.92. The average Bonchev–Trinajstić information content (AvgIpc) is 2.75. The van der Waals surface area contributed by atoms with Gasteiger partial charge in [0.2, 0.25) is 0 Å². The average molecular weight is 439 g/mol. The Labute approximate surface area is 180 Å². The summed E-state index contributed by atoms with van der Waals surface area (Å²) in [4.78, 5) is 12.4. The van der Waals surface area contributed by atoms with Crippen molar-refractivity contribution in [3.05, 3.63) is 83.4 Å². The third-order valence-corrected chi connectivity index (χ3v) is 5.73. The van der Waals surface area contributed by atoms with Crippen molar-refractivity contribution >= 4 is 27.8 Å². The second kappa shape index (κ2) is 9.31. The summed E-state index contributed by atoms with van der Waals surface area (Å²) < 4.78 is 32.4. The molecule has 0 saturated heterocycles. The summed E-state index contributed by atoms with van der Waals surface area (Å²) in [5.74, 6) is 0.0323. The molecule has 0 radical (unpaired) electrons. The van der Waals surface area contributed by atoms with Gasteiger partial charge in [0, 0.05) is 16.8 Å². The summed E-state index contributed by atoms with van der Waals surface area (Å²) in [7, 11) is -2.23. The van der Waals surface area contributed by atoms with Crippen molar-refractivity contribution < 1.29 is 23.1 Å². The van der Waals surface area contributed by atoms with Gasteiger partial charge >= 0.3 is 0 Å². The molecular weight excluding hydrogens is 418 g/mol. The Hall–Kier alpha value is -3.85. The van der Waals surface area contributed by atoms with Crippen molar-refractivity contribution in [2.45, 2.75) is 11.8 Å². The zero-order valence-corrected chi connectivity index (χ0v) is 17.7. The highest BCUT2D eigenvalue weighted by atomic mass is 32.2. The zero-order chi connectivity index (χ0) is 22.4. The normalized spacial score (nSPS) is 11.3. The van der Waals surface area contributed by atoms with Crippen molar-refractivity contribution in [2.24, 2.45) is 5.10 Å². The van der Waals surface area contributed by atoms with E-state index >= 15 is 0 Å². The lowest BCUT2D eigenvalue weighted by atomic mass is 10.2. The van der Waals surface area contributed by atoms with Gasteiger partial charge in [-0.15, -0.1) is 0 Å². The van der Waals surface area contributed by atoms with Crippen LogP contribution in [0.1, 0.15) is 21.5 Å². The lowest BCUT2D eigenvalue weighted by Gasteiger charge is -2.09. The first-order valence-corrected chi connectivity index (χ1v) is 10.7. The van der Waals surface area contributed by atoms with Gasteiger partial charge in [-0.2, -0.15) is 5.10 Å². The molecule has 0 bridgehead atoms. The van der Waals surface area contributed by atoms with E-state index in [2.05, 4.69) is 15.2 Å². The van der Waals surface area contributed by atoms with Crippen molar-refractivity contribution in [1.29, 1.82) is 0 Å². The van der Waals surface area contributed by atoms with Crippen LogP contribution in [0, 0.1) is 6.92 Å². The molecule has 0 heterocycles. The fraction of sp³-hybridized carbons (Fsp3) is 0.0909. The molecule has 0 aromatic heterocycles. The second-order valence-corrected chi connectivity index (χ2v) is 8.30. The first kappa shape index (κ1) is 21.8. The molecule has 9 heteroatoms. The van der Waals surface area contributed by atoms with Crippen LogP contribution in [0.2, 0.25) is 0 Å². The number of hydrazone groups is 1. The van der Waals surface area contributed by atoms with Gasteiger partial charge in [-0.25, -0.2) is 13.8 Å². The van der Waals surface area contributed by atoms with E-state index in [1.807, 2.05) is 6.92 Å². The number of amides is 1. The minimum atomic E-state index is -3.73. The fourth-order valence-electron chi connectivity index (χ4n) is 2.61. The van der Waals surface area contributed by atoms with Crippen LogP contribution in [0.3, 0.4) is 0 Å². The van der Waals surface area contributed by atoms with E-state index in [-0.39, 0.29) is 16.2 Å². The summed E-state index contributed by atoms with van der Waals surface area (Å²) >= 11 is 0. The van der Waals surface area contributed by atoms with Crippen molar-refractivity contribution in [3.8, 4) is 11.5 Å². The Morgan fingerprint density at radius 3 is 2.35 bits per heavy atom. The largest absolute Gasteiger partial charge is 0.507 e. The molecule has 0 atom stereocenters. The quantitative estimate of drug-likeness (QED) is 0.386. The molecule has 8 nitrogen and oxygen atoms in total. The molecule has 3 aromatic rings. The monoisotopic (exact) mass is 439 g/mol. The Kier molecular flexibility index (Phi) is 6.56. The maximum atomic E-state index is 12.4. The number of benzene rings is 3. The third kappa shape index (κ3) is 5.61. The van der Waals surface area contributed by atoms with Crippen LogP contribution in [0.4, 0.5) is 5.69 Å². The highest BCUT2D eigenvalue weighted by Gasteiger charge is 2.14. The first-order valence-electron chi connectivity index (χ1n) is 9.18. The van der Waals surface area contributed by atoms with Gasteiger partial charge in [-0.1, -0.05) is 17.7 Å². The number of phenols is 1. The van der Waals surface area contributed by atoms with Crippen LogP contribution in [0.15, 0.2) is 76.7 Å². The Morgan fingerprint density at radius 1 is 1.03 bits per heavy atom. The molecule has 3 rings (SSSR count). The number of phenolic OH excluding ortho intramolecular Hbond substituents is 1. The van der Waals surface area contributed by atoms with Crippen LogP contribution < -0.4 is 14.9 Å². The van der Waals surface area contributed by atoms with Gasteiger partial charge in [-0.05, 0) is 61.5 Å². The number of carbonyl (C=O) groups is 1. The number of anilines is 1. The maximum absolute atomic E-state index is 12.4. The molecule has 0 aliphatic rings. The number of nitrogens with zero attached hydrogens (tertiary/aromatic N) is 1. The van der Waals surface area contributed by atoms with Crippen LogP contribution in [0.25, 0.3) is 0 Å². The first-order chi connectivity index (χ1) is 14.8. The van der Waals surface area contributed by atoms with E-state index in [0.717, 1.165) is 5.56 Å². The number of sulfonamides is 1. The number of hydrogen-bond acceptors (Lipinski definition) is 6. The molecule has 0 fully saturated rings.